The fourth-order valence-electron chi connectivity index (χ4n) is 1.15. The lowest BCUT2D eigenvalue weighted by atomic mass is 10.3. The summed E-state index contributed by atoms with van der Waals surface area (Å²) in [5, 5.41) is 0. The van der Waals surface area contributed by atoms with Crippen LogP contribution in [0.25, 0.3) is 11.1 Å². The number of oxazole rings is 1. The van der Waals surface area contributed by atoms with Gasteiger partial charge in [-0.25, -0.2) is 0 Å². The number of aromatic nitrogens is 1. The highest BCUT2D eigenvalue weighted by molar-refractivity contribution is 7.86. The largest absolute Gasteiger partial charge is 0.424 e. The molecule has 0 aliphatic rings. The molecule has 0 aliphatic heterocycles. The van der Waals surface area contributed by atoms with Gasteiger partial charge in [0.15, 0.2) is 5.58 Å². The fraction of sp³-hybridized carbons (Fsp3) is 0.125. The average Bonchev–Trinajstić information content (AvgIpc) is 2.40. The van der Waals surface area contributed by atoms with E-state index in [1.165, 1.54) is 12.1 Å². The number of nitrogen functional groups attached to an aromatic ring is 1. The zero-order valence-electron chi connectivity index (χ0n) is 7.80. The quantitative estimate of drug-likeness (QED) is 0.762. The molecular weight excluding hydrogens is 220 g/mol. The molecular formula is C8H8N2O4S. The standard InChI is InChI=1S/C8H8N2O4S/c1-15(11,12)14-5-2-3-7-6(4-5)10-8(9)13-7/h2-4H,1H3,(H2,9,10). The predicted molar refractivity (Wildman–Crippen MR) is 53.9 cm³/mol. The molecule has 6 nitrogen and oxygen atoms in total. The van der Waals surface area contributed by atoms with Crippen LogP contribution in [0.15, 0.2) is 22.6 Å². The maximum Gasteiger partial charge on any atom is 0.306 e. The van der Waals surface area contributed by atoms with Crippen molar-refractivity contribution < 1.29 is 17.0 Å². The van der Waals surface area contributed by atoms with E-state index in [-0.39, 0.29) is 11.8 Å². The molecule has 2 N–H and O–H groups in total. The lowest BCUT2D eigenvalue weighted by Crippen LogP contribution is -2.05. The van der Waals surface area contributed by atoms with Crippen LogP contribution in [0.2, 0.25) is 0 Å². The highest BCUT2D eigenvalue weighted by Gasteiger charge is 2.08. The molecule has 1 aromatic carbocycles. The summed E-state index contributed by atoms with van der Waals surface area (Å²) < 4.78 is 31.4. The fourth-order valence-corrected chi connectivity index (χ4v) is 1.60. The Morgan fingerprint density at radius 1 is 1.47 bits per heavy atom. The molecule has 80 valence electrons. The molecule has 2 aromatic rings. The minimum absolute atomic E-state index is 0.0292. The lowest BCUT2D eigenvalue weighted by Gasteiger charge is -2.00. The van der Waals surface area contributed by atoms with Gasteiger partial charge in [-0.1, -0.05) is 0 Å². The summed E-state index contributed by atoms with van der Waals surface area (Å²) >= 11 is 0. The van der Waals surface area contributed by atoms with Crippen LogP contribution in [0.1, 0.15) is 0 Å². The molecule has 7 heteroatoms. The van der Waals surface area contributed by atoms with Gasteiger partial charge < -0.3 is 14.3 Å². The normalized spacial score (nSPS) is 11.8. The molecule has 0 amide bonds. The van der Waals surface area contributed by atoms with Crippen molar-refractivity contribution >= 4 is 27.2 Å². The molecule has 15 heavy (non-hydrogen) atoms. The van der Waals surface area contributed by atoms with E-state index in [1.807, 2.05) is 0 Å². The molecule has 0 radical (unpaired) electrons. The van der Waals surface area contributed by atoms with Gasteiger partial charge in [-0.15, -0.1) is 0 Å². The SMILES string of the molecule is CS(=O)(=O)Oc1ccc2oc(N)nc2c1. The van der Waals surface area contributed by atoms with E-state index >= 15 is 0 Å². The summed E-state index contributed by atoms with van der Waals surface area (Å²) in [6, 6.07) is 4.48. The molecule has 2 rings (SSSR count). The number of benzene rings is 1. The van der Waals surface area contributed by atoms with E-state index in [9.17, 15) is 8.42 Å². The van der Waals surface area contributed by atoms with Crippen LogP contribution in [0.4, 0.5) is 6.01 Å². The molecule has 0 atom stereocenters. The monoisotopic (exact) mass is 228 g/mol. The van der Waals surface area contributed by atoms with Crippen LogP contribution >= 0.6 is 0 Å². The Hall–Kier alpha value is -1.76. The van der Waals surface area contributed by atoms with Crippen molar-refractivity contribution in [1.29, 1.82) is 0 Å². The third-order valence-corrected chi connectivity index (χ3v) is 2.12. The smallest absolute Gasteiger partial charge is 0.306 e. The van der Waals surface area contributed by atoms with Gasteiger partial charge in [-0.3, -0.25) is 0 Å². The minimum Gasteiger partial charge on any atom is -0.424 e. The van der Waals surface area contributed by atoms with Crippen LogP contribution in [0, 0.1) is 0 Å². The average molecular weight is 228 g/mol. The summed E-state index contributed by atoms with van der Waals surface area (Å²) in [6.45, 7) is 0. The second-order valence-electron chi connectivity index (χ2n) is 2.97. The minimum atomic E-state index is -3.53. The van der Waals surface area contributed by atoms with Gasteiger partial charge in [-0.05, 0) is 12.1 Å². The van der Waals surface area contributed by atoms with Crippen LogP contribution in [-0.2, 0) is 10.1 Å². The summed E-state index contributed by atoms with van der Waals surface area (Å²) in [4.78, 5) is 3.84. The summed E-state index contributed by atoms with van der Waals surface area (Å²) in [6.07, 6.45) is 0.967. The molecule has 1 heterocycles. The Bertz CT molecular complexity index is 602. The Kier molecular flexibility index (Phi) is 2.04. The second kappa shape index (κ2) is 3.13. The number of nitrogens with zero attached hydrogens (tertiary/aromatic N) is 1. The van der Waals surface area contributed by atoms with Gasteiger partial charge in [0.25, 0.3) is 6.01 Å². The number of hydrogen-bond donors (Lipinski definition) is 1. The topological polar surface area (TPSA) is 95.4 Å². The Morgan fingerprint density at radius 3 is 2.87 bits per heavy atom. The lowest BCUT2D eigenvalue weighted by molar-refractivity contribution is 0.493. The molecule has 0 fully saturated rings. The van der Waals surface area contributed by atoms with Gasteiger partial charge in [0, 0.05) is 6.07 Å². The Balaban J connectivity index is 2.47. The first-order valence-corrected chi connectivity index (χ1v) is 5.81. The highest BCUT2D eigenvalue weighted by atomic mass is 32.2. The molecule has 0 bridgehead atoms. The van der Waals surface area contributed by atoms with E-state index in [1.54, 1.807) is 6.07 Å². The number of rotatable bonds is 2. The van der Waals surface area contributed by atoms with E-state index in [4.69, 9.17) is 10.2 Å². The third kappa shape index (κ3) is 2.18. The van der Waals surface area contributed by atoms with Crippen LogP contribution < -0.4 is 9.92 Å². The first kappa shape index (κ1) is 9.78. The number of fused-ring (bicyclic) bond motifs is 1. The van der Waals surface area contributed by atoms with Crippen molar-refractivity contribution in [3.05, 3.63) is 18.2 Å². The zero-order chi connectivity index (χ0) is 11.1. The van der Waals surface area contributed by atoms with Crippen molar-refractivity contribution in [2.24, 2.45) is 0 Å². The Labute approximate surface area is 85.8 Å². The van der Waals surface area contributed by atoms with Crippen LogP contribution in [-0.4, -0.2) is 19.7 Å². The van der Waals surface area contributed by atoms with Crippen molar-refractivity contribution in [2.75, 3.05) is 12.0 Å². The molecule has 0 saturated carbocycles. The van der Waals surface area contributed by atoms with Crippen molar-refractivity contribution in [1.82, 2.24) is 4.98 Å². The number of hydrogen-bond acceptors (Lipinski definition) is 6. The van der Waals surface area contributed by atoms with E-state index < -0.39 is 10.1 Å². The molecule has 0 aliphatic carbocycles. The van der Waals surface area contributed by atoms with Crippen LogP contribution in [0.3, 0.4) is 0 Å². The summed E-state index contributed by atoms with van der Waals surface area (Å²) in [5.41, 5.74) is 6.26. The maximum atomic E-state index is 10.9. The van der Waals surface area contributed by atoms with Gasteiger partial charge in [0.2, 0.25) is 0 Å². The summed E-state index contributed by atoms with van der Waals surface area (Å²) in [5.74, 6) is 0.179. The molecule has 0 spiro atoms. The first-order valence-electron chi connectivity index (χ1n) is 3.99. The predicted octanol–water partition coefficient (Wildman–Crippen LogP) is 0.748. The number of nitrogens with two attached hydrogens (primary N) is 1. The van der Waals surface area contributed by atoms with E-state index in [2.05, 4.69) is 9.17 Å². The van der Waals surface area contributed by atoms with Crippen molar-refractivity contribution in [3.8, 4) is 5.75 Å². The molecule has 0 saturated heterocycles. The van der Waals surface area contributed by atoms with Crippen molar-refractivity contribution in [2.45, 2.75) is 0 Å². The van der Waals surface area contributed by atoms with Gasteiger partial charge in [-0.2, -0.15) is 13.4 Å². The number of anilines is 1. The van der Waals surface area contributed by atoms with Crippen molar-refractivity contribution in [3.63, 3.8) is 0 Å². The highest BCUT2D eigenvalue weighted by Crippen LogP contribution is 2.22. The first-order chi connectivity index (χ1) is 6.94. The van der Waals surface area contributed by atoms with Gasteiger partial charge >= 0.3 is 10.1 Å². The van der Waals surface area contributed by atoms with Crippen LogP contribution in [0.5, 0.6) is 5.75 Å². The maximum absolute atomic E-state index is 10.9. The second-order valence-corrected chi connectivity index (χ2v) is 4.54. The van der Waals surface area contributed by atoms with Gasteiger partial charge in [0.1, 0.15) is 11.3 Å². The molecule has 0 unspecified atom stereocenters. The van der Waals surface area contributed by atoms with E-state index in [0.717, 1.165) is 6.26 Å². The van der Waals surface area contributed by atoms with E-state index in [0.29, 0.717) is 11.1 Å². The third-order valence-electron chi connectivity index (χ3n) is 1.62. The van der Waals surface area contributed by atoms with Gasteiger partial charge in [0.05, 0.1) is 6.26 Å². The zero-order valence-corrected chi connectivity index (χ0v) is 8.61. The molecule has 1 aromatic heterocycles. The summed E-state index contributed by atoms with van der Waals surface area (Å²) in [7, 11) is -3.53. The Morgan fingerprint density at radius 2 is 2.20 bits per heavy atom.